The van der Waals surface area contributed by atoms with Crippen LogP contribution in [0.5, 0.6) is 0 Å². The van der Waals surface area contributed by atoms with Gasteiger partial charge in [0.25, 0.3) is 0 Å². The fraction of sp³-hybridized carbons (Fsp3) is 0.400. The largest absolute Gasteiger partial charge is 0.389 e. The minimum atomic E-state index is -4.13. The second kappa shape index (κ2) is 3.59. The van der Waals surface area contributed by atoms with Gasteiger partial charge in [-0.15, -0.1) is 0 Å². The van der Waals surface area contributed by atoms with E-state index in [4.69, 9.17) is 11.6 Å². The van der Waals surface area contributed by atoms with Gasteiger partial charge >= 0.3 is 6.18 Å². The minimum Gasteiger partial charge on any atom is -0.384 e. The number of rotatable bonds is 1. The highest BCUT2D eigenvalue weighted by atomic mass is 35.5. The molecular formula is C10H9ClF3N. The van der Waals surface area contributed by atoms with Crippen LogP contribution in [0.1, 0.15) is 17.9 Å². The molecule has 5 heteroatoms. The highest BCUT2D eigenvalue weighted by Gasteiger charge is 2.35. The molecule has 1 nitrogen and oxygen atoms in total. The van der Waals surface area contributed by atoms with E-state index in [1.165, 1.54) is 0 Å². The number of nitrogens with one attached hydrogen (secondary N) is 1. The zero-order chi connectivity index (χ0) is 11.1. The third-order valence-corrected chi connectivity index (χ3v) is 2.71. The Morgan fingerprint density at radius 1 is 1.40 bits per heavy atom. The van der Waals surface area contributed by atoms with Crippen molar-refractivity contribution in [2.24, 2.45) is 0 Å². The molecule has 15 heavy (non-hydrogen) atoms. The van der Waals surface area contributed by atoms with Crippen molar-refractivity contribution in [3.8, 4) is 0 Å². The van der Waals surface area contributed by atoms with Crippen LogP contribution in [-0.4, -0.2) is 12.7 Å². The first kappa shape index (κ1) is 10.6. The molecule has 0 fully saturated rings. The molecule has 0 amide bonds. The number of benzene rings is 1. The highest BCUT2D eigenvalue weighted by Crippen LogP contribution is 2.39. The lowest BCUT2D eigenvalue weighted by Crippen LogP contribution is -2.15. The van der Waals surface area contributed by atoms with Gasteiger partial charge in [0, 0.05) is 23.2 Å². The molecule has 0 bridgehead atoms. The van der Waals surface area contributed by atoms with Gasteiger partial charge in [-0.1, -0.05) is 11.6 Å². The molecule has 1 atom stereocenters. The molecule has 1 aliphatic rings. The van der Waals surface area contributed by atoms with E-state index in [0.717, 1.165) is 5.69 Å². The summed E-state index contributed by atoms with van der Waals surface area (Å²) in [5.41, 5.74) is 1.42. The van der Waals surface area contributed by atoms with Gasteiger partial charge in [-0.2, -0.15) is 13.2 Å². The van der Waals surface area contributed by atoms with Gasteiger partial charge in [0.05, 0.1) is 6.42 Å². The maximum absolute atomic E-state index is 12.2. The molecule has 2 rings (SSSR count). The Morgan fingerprint density at radius 3 is 2.80 bits per heavy atom. The zero-order valence-electron chi connectivity index (χ0n) is 7.74. The molecule has 1 aromatic rings. The Bertz CT molecular complexity index is 375. The molecule has 1 N–H and O–H groups in total. The summed E-state index contributed by atoms with van der Waals surface area (Å²) in [7, 11) is 0. The number of fused-ring (bicyclic) bond motifs is 1. The van der Waals surface area contributed by atoms with Crippen LogP contribution in [0.25, 0.3) is 0 Å². The van der Waals surface area contributed by atoms with Crippen molar-refractivity contribution in [2.75, 3.05) is 11.9 Å². The van der Waals surface area contributed by atoms with Crippen LogP contribution >= 0.6 is 11.6 Å². The van der Waals surface area contributed by atoms with Crippen LogP contribution in [0, 0.1) is 0 Å². The maximum atomic E-state index is 12.2. The van der Waals surface area contributed by atoms with Crippen molar-refractivity contribution in [1.82, 2.24) is 0 Å². The van der Waals surface area contributed by atoms with Crippen molar-refractivity contribution in [1.29, 1.82) is 0 Å². The van der Waals surface area contributed by atoms with Gasteiger partial charge in [-0.25, -0.2) is 0 Å². The summed E-state index contributed by atoms with van der Waals surface area (Å²) in [6, 6.07) is 4.99. The van der Waals surface area contributed by atoms with Crippen LogP contribution in [0.4, 0.5) is 18.9 Å². The van der Waals surface area contributed by atoms with E-state index in [1.807, 2.05) is 0 Å². The normalized spacial score (nSPS) is 19.9. The van der Waals surface area contributed by atoms with E-state index < -0.39 is 18.5 Å². The fourth-order valence-electron chi connectivity index (χ4n) is 1.84. The van der Waals surface area contributed by atoms with Gasteiger partial charge in [-0.05, 0) is 23.8 Å². The summed E-state index contributed by atoms with van der Waals surface area (Å²) < 4.78 is 36.7. The molecule has 82 valence electrons. The molecule has 0 saturated carbocycles. The summed E-state index contributed by atoms with van der Waals surface area (Å²) in [6.07, 6.45) is -4.93. The molecule has 0 spiro atoms. The van der Waals surface area contributed by atoms with E-state index in [2.05, 4.69) is 5.32 Å². The van der Waals surface area contributed by atoms with Crippen molar-refractivity contribution in [2.45, 2.75) is 18.5 Å². The molecule has 1 unspecified atom stereocenters. The monoisotopic (exact) mass is 235 g/mol. The van der Waals surface area contributed by atoms with E-state index in [0.29, 0.717) is 17.1 Å². The first-order valence-electron chi connectivity index (χ1n) is 4.56. The molecule has 1 heterocycles. The summed E-state index contributed by atoms with van der Waals surface area (Å²) in [5, 5.41) is 3.42. The first-order chi connectivity index (χ1) is 6.96. The fourth-order valence-corrected chi connectivity index (χ4v) is 2.02. The van der Waals surface area contributed by atoms with Gasteiger partial charge in [0.1, 0.15) is 0 Å². The summed E-state index contributed by atoms with van der Waals surface area (Å²) >= 11 is 5.75. The molecule has 0 saturated heterocycles. The third kappa shape index (κ3) is 2.37. The van der Waals surface area contributed by atoms with Gasteiger partial charge in [-0.3, -0.25) is 0 Å². The van der Waals surface area contributed by atoms with Crippen molar-refractivity contribution < 1.29 is 13.2 Å². The minimum absolute atomic E-state index is 0.329. The van der Waals surface area contributed by atoms with E-state index in [9.17, 15) is 13.2 Å². The van der Waals surface area contributed by atoms with Crippen molar-refractivity contribution in [3.63, 3.8) is 0 Å². The number of anilines is 1. The highest BCUT2D eigenvalue weighted by molar-refractivity contribution is 6.30. The SMILES string of the molecule is FC(F)(F)CC1CNc2ccc(Cl)cc21. The van der Waals surface area contributed by atoms with Crippen molar-refractivity contribution in [3.05, 3.63) is 28.8 Å². The lowest BCUT2D eigenvalue weighted by molar-refractivity contribution is -0.137. The average molecular weight is 236 g/mol. The zero-order valence-corrected chi connectivity index (χ0v) is 8.49. The Balaban J connectivity index is 2.24. The Hall–Kier alpha value is -0.900. The number of alkyl halides is 3. The molecule has 0 aromatic heterocycles. The van der Waals surface area contributed by atoms with E-state index in [1.54, 1.807) is 18.2 Å². The van der Waals surface area contributed by atoms with E-state index in [-0.39, 0.29) is 0 Å². The first-order valence-corrected chi connectivity index (χ1v) is 4.93. The second-order valence-corrected chi connectivity index (χ2v) is 4.07. The molecule has 1 aromatic carbocycles. The lowest BCUT2D eigenvalue weighted by Gasteiger charge is -2.12. The maximum Gasteiger partial charge on any atom is 0.389 e. The quantitative estimate of drug-likeness (QED) is 0.781. The number of hydrogen-bond acceptors (Lipinski definition) is 1. The van der Waals surface area contributed by atoms with Crippen LogP contribution < -0.4 is 5.32 Å². The Kier molecular flexibility index (Phi) is 2.54. The molecule has 0 radical (unpaired) electrons. The summed E-state index contributed by atoms with van der Waals surface area (Å²) in [5.74, 6) is -0.515. The second-order valence-electron chi connectivity index (χ2n) is 3.63. The van der Waals surface area contributed by atoms with E-state index >= 15 is 0 Å². The lowest BCUT2D eigenvalue weighted by atomic mass is 9.98. The number of halogens is 4. The average Bonchev–Trinajstić information content (AvgIpc) is 2.46. The Morgan fingerprint density at radius 2 is 2.13 bits per heavy atom. The molecule has 1 aliphatic heterocycles. The van der Waals surface area contributed by atoms with Crippen molar-refractivity contribution >= 4 is 17.3 Å². The number of hydrogen-bond donors (Lipinski definition) is 1. The van der Waals surface area contributed by atoms with Gasteiger partial charge in [0.15, 0.2) is 0 Å². The Labute approximate surface area is 90.2 Å². The molecule has 0 aliphatic carbocycles. The topological polar surface area (TPSA) is 12.0 Å². The predicted octanol–water partition coefficient (Wildman–Crippen LogP) is 3.80. The third-order valence-electron chi connectivity index (χ3n) is 2.47. The van der Waals surface area contributed by atoms with Gasteiger partial charge in [0.2, 0.25) is 0 Å². The van der Waals surface area contributed by atoms with Crippen LogP contribution in [0.2, 0.25) is 5.02 Å². The molecular weight excluding hydrogens is 227 g/mol. The van der Waals surface area contributed by atoms with Gasteiger partial charge < -0.3 is 5.32 Å². The standard InChI is InChI=1S/C10H9ClF3N/c11-7-1-2-9-8(3-7)6(5-15-9)4-10(12,13)14/h1-3,6,15H,4-5H2. The van der Waals surface area contributed by atoms with Crippen LogP contribution in [0.3, 0.4) is 0 Å². The summed E-state index contributed by atoms with van der Waals surface area (Å²) in [6.45, 7) is 0.329. The summed E-state index contributed by atoms with van der Waals surface area (Å²) in [4.78, 5) is 0. The predicted molar refractivity (Wildman–Crippen MR) is 53.4 cm³/mol. The van der Waals surface area contributed by atoms with Crippen LogP contribution in [-0.2, 0) is 0 Å². The smallest absolute Gasteiger partial charge is 0.384 e. The van der Waals surface area contributed by atoms with Crippen LogP contribution in [0.15, 0.2) is 18.2 Å².